The first-order valence-corrected chi connectivity index (χ1v) is 6.48. The number of carbonyl (C=O) groups is 1. The normalized spacial score (nSPS) is 11.6. The second-order valence-corrected chi connectivity index (χ2v) is 4.41. The largest absolute Gasteiger partial charge is 0.348 e. The third-order valence-corrected chi connectivity index (χ3v) is 3.67. The maximum Gasteiger partial charge on any atom is 0.227 e. The maximum absolute atomic E-state index is 12.2. The van der Waals surface area contributed by atoms with Gasteiger partial charge < -0.3 is 15.6 Å². The first-order chi connectivity index (χ1) is 8.63. The van der Waals surface area contributed by atoms with Crippen LogP contribution in [0.15, 0.2) is 6.33 Å². The molecule has 102 valence electrons. The van der Waals surface area contributed by atoms with Crippen LogP contribution in [0.5, 0.6) is 0 Å². The van der Waals surface area contributed by atoms with Crippen LogP contribution in [0.3, 0.4) is 0 Å². The molecule has 1 amide bonds. The lowest BCUT2D eigenvalue weighted by atomic mass is 9.81. The van der Waals surface area contributed by atoms with Gasteiger partial charge in [0.1, 0.15) is 6.33 Å². The van der Waals surface area contributed by atoms with Crippen molar-refractivity contribution in [1.82, 2.24) is 20.1 Å². The Balaban J connectivity index is 2.65. The van der Waals surface area contributed by atoms with E-state index in [-0.39, 0.29) is 5.91 Å². The van der Waals surface area contributed by atoms with E-state index in [0.29, 0.717) is 13.1 Å². The number of nitrogens with two attached hydrogens (primary N) is 1. The van der Waals surface area contributed by atoms with Gasteiger partial charge in [0.2, 0.25) is 5.91 Å². The van der Waals surface area contributed by atoms with E-state index in [2.05, 4.69) is 15.5 Å². The monoisotopic (exact) mass is 253 g/mol. The smallest absolute Gasteiger partial charge is 0.227 e. The highest BCUT2D eigenvalue weighted by Crippen LogP contribution is 2.24. The molecule has 3 N–H and O–H groups in total. The molecule has 0 fully saturated rings. The quantitative estimate of drug-likeness (QED) is 0.748. The van der Waals surface area contributed by atoms with E-state index in [9.17, 15) is 4.79 Å². The average Bonchev–Trinajstić information content (AvgIpc) is 2.86. The lowest BCUT2D eigenvalue weighted by Crippen LogP contribution is -2.45. The molecule has 0 spiro atoms. The van der Waals surface area contributed by atoms with E-state index in [1.54, 1.807) is 6.33 Å². The number of hydrogen-bond donors (Lipinski definition) is 2. The zero-order chi connectivity index (χ0) is 13.6. The minimum absolute atomic E-state index is 0.000605. The zero-order valence-corrected chi connectivity index (χ0v) is 11.4. The van der Waals surface area contributed by atoms with Gasteiger partial charge in [-0.3, -0.25) is 4.79 Å². The fraction of sp³-hybridized carbons (Fsp3) is 0.750. The Morgan fingerprint density at radius 1 is 1.44 bits per heavy atom. The van der Waals surface area contributed by atoms with Gasteiger partial charge in [0.15, 0.2) is 5.82 Å². The summed E-state index contributed by atoms with van der Waals surface area (Å²) >= 11 is 0. The van der Waals surface area contributed by atoms with Gasteiger partial charge in [0, 0.05) is 13.1 Å². The van der Waals surface area contributed by atoms with E-state index in [1.165, 1.54) is 0 Å². The number of carbonyl (C=O) groups excluding carboxylic acids is 1. The maximum atomic E-state index is 12.2. The fourth-order valence-electron chi connectivity index (χ4n) is 1.98. The molecule has 0 saturated carbocycles. The molecule has 0 aliphatic heterocycles. The topological polar surface area (TPSA) is 85.8 Å². The first kappa shape index (κ1) is 14.6. The Labute approximate surface area is 108 Å². The van der Waals surface area contributed by atoms with Gasteiger partial charge in [-0.15, -0.1) is 10.2 Å². The molecule has 1 aromatic rings. The van der Waals surface area contributed by atoms with Crippen molar-refractivity contribution in [1.29, 1.82) is 0 Å². The molecular weight excluding hydrogens is 230 g/mol. The van der Waals surface area contributed by atoms with Crippen molar-refractivity contribution in [3.8, 4) is 0 Å². The second kappa shape index (κ2) is 6.49. The molecule has 6 nitrogen and oxygen atoms in total. The SMILES string of the molecule is CCn1cnnc1CNC(=O)C(CC)(CC)CN. The number of nitrogens with one attached hydrogen (secondary N) is 1. The van der Waals surface area contributed by atoms with E-state index in [0.717, 1.165) is 25.2 Å². The van der Waals surface area contributed by atoms with Crippen molar-refractivity contribution < 1.29 is 4.79 Å². The van der Waals surface area contributed by atoms with E-state index >= 15 is 0 Å². The van der Waals surface area contributed by atoms with Crippen molar-refractivity contribution >= 4 is 5.91 Å². The molecule has 1 aromatic heterocycles. The molecule has 1 heterocycles. The second-order valence-electron chi connectivity index (χ2n) is 4.41. The summed E-state index contributed by atoms with van der Waals surface area (Å²) in [6, 6.07) is 0. The minimum Gasteiger partial charge on any atom is -0.348 e. The lowest BCUT2D eigenvalue weighted by molar-refractivity contribution is -0.131. The van der Waals surface area contributed by atoms with Gasteiger partial charge >= 0.3 is 0 Å². The number of hydrogen-bond acceptors (Lipinski definition) is 4. The number of aromatic nitrogens is 3. The van der Waals surface area contributed by atoms with Crippen molar-refractivity contribution in [3.63, 3.8) is 0 Å². The van der Waals surface area contributed by atoms with Crippen LogP contribution in [0.1, 0.15) is 39.4 Å². The molecule has 0 aliphatic carbocycles. The van der Waals surface area contributed by atoms with Crippen LogP contribution < -0.4 is 11.1 Å². The van der Waals surface area contributed by atoms with Crippen LogP contribution in [0, 0.1) is 5.41 Å². The Kier molecular flexibility index (Phi) is 5.27. The van der Waals surface area contributed by atoms with Crippen LogP contribution in [0.4, 0.5) is 0 Å². The van der Waals surface area contributed by atoms with Gasteiger partial charge in [0.25, 0.3) is 0 Å². The highest BCUT2D eigenvalue weighted by atomic mass is 16.2. The molecule has 0 saturated heterocycles. The fourth-order valence-corrected chi connectivity index (χ4v) is 1.98. The van der Waals surface area contributed by atoms with Crippen LogP contribution in [-0.4, -0.2) is 27.2 Å². The molecule has 0 aliphatic rings. The minimum atomic E-state index is -0.461. The summed E-state index contributed by atoms with van der Waals surface area (Å²) in [5, 5.41) is 10.7. The summed E-state index contributed by atoms with van der Waals surface area (Å²) in [5.41, 5.74) is 5.28. The van der Waals surface area contributed by atoms with Crippen LogP contribution in [0.25, 0.3) is 0 Å². The molecular formula is C12H23N5O. The Morgan fingerprint density at radius 2 is 2.11 bits per heavy atom. The molecule has 0 unspecified atom stereocenters. The summed E-state index contributed by atoms with van der Waals surface area (Å²) in [4.78, 5) is 12.2. The van der Waals surface area contributed by atoms with E-state index in [1.807, 2.05) is 25.3 Å². The third-order valence-electron chi connectivity index (χ3n) is 3.67. The number of nitrogens with zero attached hydrogens (tertiary/aromatic N) is 3. The standard InChI is InChI=1S/C12H23N5O/c1-4-12(5-2,8-13)11(18)14-7-10-16-15-9-17(10)6-3/h9H,4-8,13H2,1-3H3,(H,14,18). The average molecular weight is 253 g/mol. The Bertz CT molecular complexity index is 375. The third kappa shape index (κ3) is 2.87. The lowest BCUT2D eigenvalue weighted by Gasteiger charge is -2.28. The van der Waals surface area contributed by atoms with Crippen molar-refractivity contribution in [2.24, 2.45) is 11.1 Å². The summed E-state index contributed by atoms with van der Waals surface area (Å²) in [5.74, 6) is 0.768. The highest BCUT2D eigenvalue weighted by Gasteiger charge is 2.33. The number of aryl methyl sites for hydroxylation is 1. The predicted octanol–water partition coefficient (Wildman–Crippen LogP) is 0.679. The van der Waals surface area contributed by atoms with Gasteiger partial charge in [-0.2, -0.15) is 0 Å². The van der Waals surface area contributed by atoms with Gasteiger partial charge in [-0.25, -0.2) is 0 Å². The van der Waals surface area contributed by atoms with E-state index in [4.69, 9.17) is 5.73 Å². The summed E-state index contributed by atoms with van der Waals surface area (Å²) in [6.45, 7) is 7.55. The number of amides is 1. The van der Waals surface area contributed by atoms with E-state index < -0.39 is 5.41 Å². The Hall–Kier alpha value is -1.43. The van der Waals surface area contributed by atoms with Crippen molar-refractivity contribution in [2.75, 3.05) is 6.54 Å². The molecule has 0 radical (unpaired) electrons. The highest BCUT2D eigenvalue weighted by molar-refractivity contribution is 5.82. The van der Waals surface area contributed by atoms with Crippen LogP contribution in [-0.2, 0) is 17.9 Å². The van der Waals surface area contributed by atoms with Crippen LogP contribution >= 0.6 is 0 Å². The molecule has 0 aromatic carbocycles. The Morgan fingerprint density at radius 3 is 2.61 bits per heavy atom. The van der Waals surface area contributed by atoms with Gasteiger partial charge in [-0.05, 0) is 19.8 Å². The molecule has 1 rings (SSSR count). The van der Waals surface area contributed by atoms with Crippen LogP contribution in [0.2, 0.25) is 0 Å². The summed E-state index contributed by atoms with van der Waals surface area (Å²) in [6.07, 6.45) is 3.15. The molecule has 6 heteroatoms. The van der Waals surface area contributed by atoms with Crippen molar-refractivity contribution in [3.05, 3.63) is 12.2 Å². The summed E-state index contributed by atoms with van der Waals surface area (Å²) < 4.78 is 1.91. The summed E-state index contributed by atoms with van der Waals surface area (Å²) in [7, 11) is 0. The molecule has 0 atom stereocenters. The number of rotatable bonds is 7. The van der Waals surface area contributed by atoms with Gasteiger partial charge in [0.05, 0.1) is 12.0 Å². The first-order valence-electron chi connectivity index (χ1n) is 6.48. The predicted molar refractivity (Wildman–Crippen MR) is 69.6 cm³/mol. The molecule has 0 bridgehead atoms. The zero-order valence-electron chi connectivity index (χ0n) is 11.4. The van der Waals surface area contributed by atoms with Gasteiger partial charge in [-0.1, -0.05) is 13.8 Å². The van der Waals surface area contributed by atoms with Crippen molar-refractivity contribution in [2.45, 2.75) is 46.7 Å². The molecule has 18 heavy (non-hydrogen) atoms.